The summed E-state index contributed by atoms with van der Waals surface area (Å²) in [4.78, 5) is 24.2. The van der Waals surface area contributed by atoms with Gasteiger partial charge in [0.15, 0.2) is 0 Å². The van der Waals surface area contributed by atoms with E-state index in [0.717, 1.165) is 6.42 Å². The van der Waals surface area contributed by atoms with Gasteiger partial charge in [-0.3, -0.25) is 13.9 Å². The van der Waals surface area contributed by atoms with E-state index in [1.165, 1.54) is 35.6 Å². The number of sulfonamides is 1. The lowest BCUT2D eigenvalue weighted by Crippen LogP contribution is -2.35. The van der Waals surface area contributed by atoms with Crippen molar-refractivity contribution in [3.63, 3.8) is 0 Å². The van der Waals surface area contributed by atoms with Crippen LogP contribution in [0.15, 0.2) is 59.5 Å². The smallest absolute Gasteiger partial charge is 0.264 e. The fourth-order valence-corrected chi connectivity index (χ4v) is 3.82. The van der Waals surface area contributed by atoms with Crippen LogP contribution < -0.4 is 14.9 Å². The molecule has 7 nitrogen and oxygen atoms in total. The number of nitrogens with one attached hydrogen (secondary N) is 2. The zero-order valence-corrected chi connectivity index (χ0v) is 17.7. The maximum Gasteiger partial charge on any atom is 0.264 e. The third-order valence-corrected chi connectivity index (χ3v) is 6.31. The van der Waals surface area contributed by atoms with Crippen LogP contribution in [0.1, 0.15) is 37.0 Å². The summed E-state index contributed by atoms with van der Waals surface area (Å²) in [6, 6.07) is 14.6. The van der Waals surface area contributed by atoms with Crippen LogP contribution in [0.5, 0.6) is 0 Å². The molecular formula is C21H27N3O4S. The lowest BCUT2D eigenvalue weighted by Gasteiger charge is -2.19. The Hall–Kier alpha value is -2.87. The quantitative estimate of drug-likeness (QED) is 0.655. The third kappa shape index (κ3) is 6.05. The molecule has 0 saturated carbocycles. The van der Waals surface area contributed by atoms with Gasteiger partial charge in [-0.2, -0.15) is 0 Å². The van der Waals surface area contributed by atoms with E-state index in [1.807, 2.05) is 13.8 Å². The van der Waals surface area contributed by atoms with Crippen LogP contribution in [-0.2, 0) is 14.8 Å². The van der Waals surface area contributed by atoms with Gasteiger partial charge in [0.1, 0.15) is 0 Å². The predicted molar refractivity (Wildman–Crippen MR) is 113 cm³/mol. The fraction of sp³-hybridized carbons (Fsp3) is 0.333. The minimum absolute atomic E-state index is 0.0195. The van der Waals surface area contributed by atoms with Gasteiger partial charge < -0.3 is 10.6 Å². The van der Waals surface area contributed by atoms with Crippen molar-refractivity contribution in [2.45, 2.75) is 37.6 Å². The molecule has 2 N–H and O–H groups in total. The molecule has 2 amide bonds. The molecule has 0 bridgehead atoms. The van der Waals surface area contributed by atoms with Gasteiger partial charge >= 0.3 is 0 Å². The van der Waals surface area contributed by atoms with Gasteiger partial charge in [-0.1, -0.05) is 31.2 Å². The number of nitrogens with zero attached hydrogens (tertiary/aromatic N) is 1. The van der Waals surface area contributed by atoms with Crippen LogP contribution in [-0.4, -0.2) is 39.9 Å². The zero-order chi connectivity index (χ0) is 21.4. The van der Waals surface area contributed by atoms with Crippen molar-refractivity contribution >= 4 is 27.5 Å². The molecule has 0 saturated heterocycles. The summed E-state index contributed by atoms with van der Waals surface area (Å²) in [5.74, 6) is -0.568. The zero-order valence-electron chi connectivity index (χ0n) is 16.9. The van der Waals surface area contributed by atoms with Crippen LogP contribution in [0.2, 0.25) is 0 Å². The Morgan fingerprint density at radius 2 is 1.76 bits per heavy atom. The lowest BCUT2D eigenvalue weighted by molar-refractivity contribution is -0.121. The highest BCUT2D eigenvalue weighted by Crippen LogP contribution is 2.22. The lowest BCUT2D eigenvalue weighted by atomic mass is 10.2. The Kier molecular flexibility index (Phi) is 7.78. The number of benzene rings is 2. The molecule has 156 valence electrons. The summed E-state index contributed by atoms with van der Waals surface area (Å²) in [6.45, 7) is 4.06. The number of carbonyl (C=O) groups is 2. The van der Waals surface area contributed by atoms with Gasteiger partial charge in [-0.15, -0.1) is 0 Å². The highest BCUT2D eigenvalue weighted by atomic mass is 32.2. The molecule has 0 heterocycles. The number of amides is 2. The van der Waals surface area contributed by atoms with Gasteiger partial charge in [-0.05, 0) is 43.7 Å². The van der Waals surface area contributed by atoms with Crippen molar-refractivity contribution in [1.82, 2.24) is 10.6 Å². The van der Waals surface area contributed by atoms with Crippen molar-refractivity contribution in [2.75, 3.05) is 17.9 Å². The molecule has 0 fully saturated rings. The first-order valence-corrected chi connectivity index (χ1v) is 10.9. The molecule has 29 heavy (non-hydrogen) atoms. The Balaban J connectivity index is 2.05. The van der Waals surface area contributed by atoms with Crippen LogP contribution in [0, 0.1) is 0 Å². The van der Waals surface area contributed by atoms with Gasteiger partial charge in [0.2, 0.25) is 5.91 Å². The summed E-state index contributed by atoms with van der Waals surface area (Å²) in [5, 5.41) is 5.48. The molecule has 2 aromatic rings. The third-order valence-electron chi connectivity index (χ3n) is 4.53. The summed E-state index contributed by atoms with van der Waals surface area (Å²) < 4.78 is 26.9. The average Bonchev–Trinajstić information content (AvgIpc) is 2.73. The normalized spacial score (nSPS) is 12.1. The fourth-order valence-electron chi connectivity index (χ4n) is 2.57. The largest absolute Gasteiger partial charge is 0.354 e. The topological polar surface area (TPSA) is 95.6 Å². The van der Waals surface area contributed by atoms with Crippen LogP contribution in [0.3, 0.4) is 0 Å². The standard InChI is InChI=1S/C21H27N3O4S/c1-4-16(2)23-20(25)13-14-22-21(26)17-9-8-12-19(15-17)29(27,28)24(3)18-10-6-5-7-11-18/h5-12,15-16H,4,13-14H2,1-3H3,(H,22,26)(H,23,25). The van der Waals surface area contributed by atoms with E-state index in [1.54, 1.807) is 30.3 Å². The molecular weight excluding hydrogens is 390 g/mol. The number of rotatable bonds is 9. The molecule has 2 rings (SSSR count). The van der Waals surface area contributed by atoms with E-state index < -0.39 is 15.9 Å². The van der Waals surface area contributed by atoms with Gasteiger partial charge in [0.25, 0.3) is 15.9 Å². The molecule has 0 spiro atoms. The van der Waals surface area contributed by atoms with Crippen molar-refractivity contribution in [3.8, 4) is 0 Å². The van der Waals surface area contributed by atoms with Crippen LogP contribution in [0.4, 0.5) is 5.69 Å². The Labute approximate surface area is 172 Å². The molecule has 0 radical (unpaired) electrons. The van der Waals surface area contributed by atoms with E-state index in [4.69, 9.17) is 0 Å². The van der Waals surface area contributed by atoms with Crippen molar-refractivity contribution < 1.29 is 18.0 Å². The number of hydrogen-bond donors (Lipinski definition) is 2. The Morgan fingerprint density at radius 1 is 1.07 bits per heavy atom. The molecule has 1 unspecified atom stereocenters. The number of carbonyl (C=O) groups excluding carboxylic acids is 2. The van der Waals surface area contributed by atoms with Crippen LogP contribution >= 0.6 is 0 Å². The summed E-state index contributed by atoms with van der Waals surface area (Å²) in [6.07, 6.45) is 0.988. The predicted octanol–water partition coefficient (Wildman–Crippen LogP) is 2.55. The second-order valence-electron chi connectivity index (χ2n) is 6.72. The first kappa shape index (κ1) is 22.4. The maximum absolute atomic E-state index is 12.9. The van der Waals surface area contributed by atoms with E-state index in [0.29, 0.717) is 5.69 Å². The first-order valence-electron chi connectivity index (χ1n) is 9.47. The summed E-state index contributed by atoms with van der Waals surface area (Å²) in [5.41, 5.74) is 0.740. The van der Waals surface area contributed by atoms with Crippen molar-refractivity contribution in [3.05, 3.63) is 60.2 Å². The van der Waals surface area contributed by atoms with Gasteiger partial charge in [0.05, 0.1) is 10.6 Å². The van der Waals surface area contributed by atoms with Gasteiger partial charge in [-0.25, -0.2) is 8.42 Å². The highest BCUT2D eigenvalue weighted by Gasteiger charge is 2.22. The molecule has 0 aromatic heterocycles. The molecule has 1 atom stereocenters. The highest BCUT2D eigenvalue weighted by molar-refractivity contribution is 7.92. The van der Waals surface area contributed by atoms with Crippen LogP contribution in [0.25, 0.3) is 0 Å². The van der Waals surface area contributed by atoms with Gasteiger partial charge in [0, 0.05) is 31.6 Å². The number of hydrogen-bond acceptors (Lipinski definition) is 4. The molecule has 2 aromatic carbocycles. The minimum atomic E-state index is -3.81. The SMILES string of the molecule is CCC(C)NC(=O)CCNC(=O)c1cccc(S(=O)(=O)N(C)c2ccccc2)c1. The van der Waals surface area contributed by atoms with E-state index in [2.05, 4.69) is 10.6 Å². The number of para-hydroxylation sites is 1. The molecule has 0 aliphatic rings. The van der Waals surface area contributed by atoms with E-state index in [-0.39, 0.29) is 35.4 Å². The molecule has 0 aliphatic heterocycles. The minimum Gasteiger partial charge on any atom is -0.354 e. The second-order valence-corrected chi connectivity index (χ2v) is 8.69. The molecule has 0 aliphatic carbocycles. The number of anilines is 1. The van der Waals surface area contributed by atoms with Crippen molar-refractivity contribution in [1.29, 1.82) is 0 Å². The first-order chi connectivity index (χ1) is 13.8. The summed E-state index contributed by atoms with van der Waals surface area (Å²) in [7, 11) is -2.34. The van der Waals surface area contributed by atoms with E-state index in [9.17, 15) is 18.0 Å². The monoisotopic (exact) mass is 417 g/mol. The molecule has 8 heteroatoms. The average molecular weight is 418 g/mol. The Bertz CT molecular complexity index is 945. The van der Waals surface area contributed by atoms with Crippen molar-refractivity contribution in [2.24, 2.45) is 0 Å². The summed E-state index contributed by atoms with van der Waals surface area (Å²) >= 11 is 0. The Morgan fingerprint density at radius 3 is 2.41 bits per heavy atom. The maximum atomic E-state index is 12.9. The second kappa shape index (κ2) is 10.1. The van der Waals surface area contributed by atoms with E-state index >= 15 is 0 Å².